The molecule has 2 N–H and O–H groups in total. The highest BCUT2D eigenvalue weighted by atomic mass is 35.5. The number of anilines is 1. The van der Waals surface area contributed by atoms with Crippen LogP contribution in [0.1, 0.15) is 15.9 Å². The molecule has 0 aliphatic carbocycles. The molecule has 0 bridgehead atoms. The van der Waals surface area contributed by atoms with Gasteiger partial charge >= 0.3 is 5.97 Å². The molecule has 0 radical (unpaired) electrons. The summed E-state index contributed by atoms with van der Waals surface area (Å²) in [5.41, 5.74) is 6.22. The highest BCUT2D eigenvalue weighted by Crippen LogP contribution is 2.32. The van der Waals surface area contributed by atoms with E-state index in [1.807, 2.05) is 0 Å². The molecular formula is C10H12ClNO4S. The van der Waals surface area contributed by atoms with Crippen molar-refractivity contribution < 1.29 is 17.9 Å². The molecule has 1 aromatic rings. The van der Waals surface area contributed by atoms with Crippen LogP contribution in [0.3, 0.4) is 0 Å². The van der Waals surface area contributed by atoms with Crippen molar-refractivity contribution in [2.24, 2.45) is 0 Å². The fourth-order valence-corrected chi connectivity index (χ4v) is 2.72. The van der Waals surface area contributed by atoms with Crippen LogP contribution in [-0.4, -0.2) is 27.8 Å². The van der Waals surface area contributed by atoms with E-state index in [4.69, 9.17) is 17.3 Å². The van der Waals surface area contributed by atoms with Crippen LogP contribution >= 0.6 is 11.6 Å². The molecule has 0 aromatic heterocycles. The van der Waals surface area contributed by atoms with E-state index in [1.165, 1.54) is 13.2 Å². The second-order valence-corrected chi connectivity index (χ2v) is 5.90. The zero-order valence-corrected chi connectivity index (χ0v) is 11.1. The van der Waals surface area contributed by atoms with Crippen molar-refractivity contribution in [3.8, 4) is 0 Å². The lowest BCUT2D eigenvalue weighted by atomic mass is 10.1. The van der Waals surface area contributed by atoms with Gasteiger partial charge in [-0.3, -0.25) is 0 Å². The molecule has 0 fully saturated rings. The van der Waals surface area contributed by atoms with E-state index < -0.39 is 15.8 Å². The third kappa shape index (κ3) is 2.53. The number of sulfone groups is 1. The molecule has 5 nitrogen and oxygen atoms in total. The highest BCUT2D eigenvalue weighted by molar-refractivity contribution is 7.90. The summed E-state index contributed by atoms with van der Waals surface area (Å²) < 4.78 is 27.5. The topological polar surface area (TPSA) is 86.5 Å². The van der Waals surface area contributed by atoms with Crippen LogP contribution in [0.4, 0.5) is 5.69 Å². The minimum absolute atomic E-state index is 0.0648. The number of nitrogens with two attached hydrogens (primary N) is 1. The average Bonchev–Trinajstić information content (AvgIpc) is 2.23. The maximum absolute atomic E-state index is 11.5. The number of methoxy groups -OCH3 is 1. The maximum Gasteiger partial charge on any atom is 0.338 e. The predicted octanol–water partition coefficient (Wildman–Crippen LogP) is 1.42. The van der Waals surface area contributed by atoms with E-state index in [1.54, 1.807) is 6.92 Å². The Hall–Kier alpha value is -1.27. The van der Waals surface area contributed by atoms with Gasteiger partial charge < -0.3 is 10.5 Å². The molecule has 0 aliphatic rings. The summed E-state index contributed by atoms with van der Waals surface area (Å²) in [5.74, 6) is -0.657. The number of halogens is 1. The van der Waals surface area contributed by atoms with Gasteiger partial charge in [-0.25, -0.2) is 13.2 Å². The van der Waals surface area contributed by atoms with Gasteiger partial charge in [0, 0.05) is 6.26 Å². The summed E-state index contributed by atoms with van der Waals surface area (Å²) in [6.07, 6.45) is 0.990. The average molecular weight is 278 g/mol. The first-order valence-electron chi connectivity index (χ1n) is 4.57. The van der Waals surface area contributed by atoms with Gasteiger partial charge in [0.2, 0.25) is 0 Å². The van der Waals surface area contributed by atoms with Gasteiger partial charge in [-0.05, 0) is 18.6 Å². The molecular weight excluding hydrogens is 266 g/mol. The fourth-order valence-electron chi connectivity index (χ4n) is 1.34. The van der Waals surface area contributed by atoms with Crippen LogP contribution in [-0.2, 0) is 14.6 Å². The van der Waals surface area contributed by atoms with Gasteiger partial charge in [-0.15, -0.1) is 0 Å². The molecule has 0 amide bonds. The maximum atomic E-state index is 11.5. The lowest BCUT2D eigenvalue weighted by Crippen LogP contribution is -2.10. The lowest BCUT2D eigenvalue weighted by molar-refractivity contribution is 0.0599. The first kappa shape index (κ1) is 13.8. The minimum atomic E-state index is -3.56. The standard InChI is InChI=1S/C10H12ClNO4S/c1-5-6(10(13)16-2)4-7(17(3,14)15)8(11)9(5)12/h4H,12H2,1-3H3. The number of hydrogen-bond acceptors (Lipinski definition) is 5. The number of nitrogen functional groups attached to an aromatic ring is 1. The van der Waals surface area contributed by atoms with Crippen LogP contribution in [0.15, 0.2) is 11.0 Å². The van der Waals surface area contributed by atoms with E-state index in [0.717, 1.165) is 6.26 Å². The number of esters is 1. The predicted molar refractivity (Wildman–Crippen MR) is 65.1 cm³/mol. The van der Waals surface area contributed by atoms with Crippen molar-refractivity contribution in [2.75, 3.05) is 19.1 Å². The molecule has 0 atom stereocenters. The molecule has 94 valence electrons. The van der Waals surface area contributed by atoms with E-state index in [9.17, 15) is 13.2 Å². The van der Waals surface area contributed by atoms with E-state index >= 15 is 0 Å². The number of hydrogen-bond donors (Lipinski definition) is 1. The molecule has 0 unspecified atom stereocenters. The fraction of sp³-hybridized carbons (Fsp3) is 0.300. The Bertz CT molecular complexity index is 580. The third-order valence-electron chi connectivity index (χ3n) is 2.34. The molecule has 0 saturated heterocycles. The minimum Gasteiger partial charge on any atom is -0.465 e. The molecule has 0 saturated carbocycles. The second-order valence-electron chi connectivity index (χ2n) is 3.54. The number of carbonyl (C=O) groups excluding carboxylic acids is 1. The van der Waals surface area contributed by atoms with Crippen molar-refractivity contribution in [3.05, 3.63) is 22.2 Å². The summed E-state index contributed by atoms with van der Waals surface area (Å²) in [5, 5.41) is -0.0716. The Labute approximate surface area is 104 Å². The molecule has 1 rings (SSSR count). The van der Waals surface area contributed by atoms with Crippen molar-refractivity contribution in [1.29, 1.82) is 0 Å². The van der Waals surface area contributed by atoms with Gasteiger partial charge in [-0.1, -0.05) is 11.6 Å². The number of carbonyl (C=O) groups is 1. The molecule has 0 spiro atoms. The smallest absolute Gasteiger partial charge is 0.338 e. The third-order valence-corrected chi connectivity index (χ3v) is 3.98. The molecule has 0 heterocycles. The SMILES string of the molecule is COC(=O)c1cc(S(C)(=O)=O)c(Cl)c(N)c1C. The Morgan fingerprint density at radius 1 is 1.47 bits per heavy atom. The summed E-state index contributed by atoms with van der Waals surface area (Å²) in [6.45, 7) is 1.57. The Morgan fingerprint density at radius 2 is 2.00 bits per heavy atom. The van der Waals surface area contributed by atoms with Crippen LogP contribution in [0, 0.1) is 6.92 Å². The van der Waals surface area contributed by atoms with Crippen molar-refractivity contribution >= 4 is 33.1 Å². The first-order chi connectivity index (χ1) is 7.70. The van der Waals surface area contributed by atoms with Gasteiger partial charge in [-0.2, -0.15) is 0 Å². The van der Waals surface area contributed by atoms with Crippen LogP contribution < -0.4 is 5.73 Å². The van der Waals surface area contributed by atoms with E-state index in [-0.39, 0.29) is 21.2 Å². The van der Waals surface area contributed by atoms with Gasteiger partial charge in [0.15, 0.2) is 9.84 Å². The number of rotatable bonds is 2. The first-order valence-corrected chi connectivity index (χ1v) is 6.84. The highest BCUT2D eigenvalue weighted by Gasteiger charge is 2.22. The molecule has 17 heavy (non-hydrogen) atoms. The normalized spacial score (nSPS) is 11.3. The van der Waals surface area contributed by atoms with Crippen LogP contribution in [0.2, 0.25) is 5.02 Å². The zero-order chi connectivity index (χ0) is 13.4. The molecule has 7 heteroatoms. The summed E-state index contributed by atoms with van der Waals surface area (Å²) in [6, 6.07) is 1.18. The Morgan fingerprint density at radius 3 is 2.41 bits per heavy atom. The summed E-state index contributed by atoms with van der Waals surface area (Å²) in [4.78, 5) is 11.3. The largest absolute Gasteiger partial charge is 0.465 e. The molecule has 1 aromatic carbocycles. The van der Waals surface area contributed by atoms with Gasteiger partial charge in [0.25, 0.3) is 0 Å². The molecule has 0 aliphatic heterocycles. The van der Waals surface area contributed by atoms with Crippen LogP contribution in [0.5, 0.6) is 0 Å². The van der Waals surface area contributed by atoms with Gasteiger partial charge in [0.1, 0.15) is 0 Å². The quantitative estimate of drug-likeness (QED) is 0.653. The van der Waals surface area contributed by atoms with Crippen molar-refractivity contribution in [2.45, 2.75) is 11.8 Å². The van der Waals surface area contributed by atoms with Crippen LogP contribution in [0.25, 0.3) is 0 Å². The second kappa shape index (κ2) is 4.54. The summed E-state index contributed by atoms with van der Waals surface area (Å²) in [7, 11) is -2.36. The zero-order valence-electron chi connectivity index (χ0n) is 9.57. The Balaban J connectivity index is 3.68. The Kier molecular flexibility index (Phi) is 3.68. The number of ether oxygens (including phenoxy) is 1. The lowest BCUT2D eigenvalue weighted by Gasteiger charge is -2.12. The van der Waals surface area contributed by atoms with E-state index in [0.29, 0.717) is 5.56 Å². The monoisotopic (exact) mass is 277 g/mol. The number of benzene rings is 1. The summed E-state index contributed by atoms with van der Waals surface area (Å²) >= 11 is 5.85. The van der Waals surface area contributed by atoms with Crippen molar-refractivity contribution in [3.63, 3.8) is 0 Å². The van der Waals surface area contributed by atoms with E-state index in [2.05, 4.69) is 4.74 Å². The van der Waals surface area contributed by atoms with Gasteiger partial charge in [0.05, 0.1) is 28.3 Å². The van der Waals surface area contributed by atoms with Crippen molar-refractivity contribution in [1.82, 2.24) is 0 Å².